The van der Waals surface area contributed by atoms with Crippen LogP contribution in [-0.4, -0.2) is 0 Å². The molecule has 0 saturated heterocycles. The van der Waals surface area contributed by atoms with E-state index >= 15 is 0 Å². The number of thiophene rings is 1. The fraction of sp³-hybridized carbons (Fsp3) is 0.0909. The van der Waals surface area contributed by atoms with Gasteiger partial charge in [0.1, 0.15) is 11.6 Å². The molecule has 1 heterocycles. The maximum absolute atomic E-state index is 13.7. The molecule has 0 bridgehead atoms. The Bertz CT molecular complexity index is 555. The van der Waals surface area contributed by atoms with Gasteiger partial charge in [0.05, 0.1) is 9.83 Å². The zero-order chi connectivity index (χ0) is 13.3. The Labute approximate surface area is 123 Å². The number of nitrogens with two attached hydrogens (primary N) is 1. The summed E-state index contributed by atoms with van der Waals surface area (Å²) in [4.78, 5) is 0.778. The van der Waals surface area contributed by atoms with Crippen LogP contribution in [0.15, 0.2) is 32.5 Å². The minimum absolute atomic E-state index is 0.179. The first-order valence-electron chi connectivity index (χ1n) is 4.88. The number of hydrogen-bond donors (Lipinski definition) is 2. The standard InChI is InChI=1S/C11H8Br2F2N2S/c12-7-4-9(18-11(7)13)10(17-16)6-3-5(14)1-2-8(6)15/h1-4,10,17H,16H2. The molecule has 1 unspecified atom stereocenters. The summed E-state index contributed by atoms with van der Waals surface area (Å²) in [6, 6.07) is 4.53. The van der Waals surface area contributed by atoms with Crippen molar-refractivity contribution in [1.29, 1.82) is 0 Å². The SMILES string of the molecule is NNC(c1cc(Br)c(Br)s1)c1cc(F)ccc1F. The lowest BCUT2D eigenvalue weighted by atomic mass is 10.1. The van der Waals surface area contributed by atoms with Gasteiger partial charge in [-0.05, 0) is 56.1 Å². The van der Waals surface area contributed by atoms with Crippen LogP contribution in [0, 0.1) is 11.6 Å². The first-order valence-corrected chi connectivity index (χ1v) is 7.29. The van der Waals surface area contributed by atoms with Crippen molar-refractivity contribution >= 4 is 43.2 Å². The number of nitrogens with one attached hydrogen (secondary N) is 1. The summed E-state index contributed by atoms with van der Waals surface area (Å²) in [5, 5.41) is 0. The van der Waals surface area contributed by atoms with Crippen molar-refractivity contribution in [2.75, 3.05) is 0 Å². The number of rotatable bonds is 3. The third-order valence-corrected chi connectivity index (χ3v) is 5.71. The molecular formula is C11H8Br2F2N2S. The molecule has 0 fully saturated rings. The second-order valence-corrected chi connectivity index (χ2v) is 6.79. The molecule has 0 aliphatic heterocycles. The van der Waals surface area contributed by atoms with Gasteiger partial charge in [-0.3, -0.25) is 5.84 Å². The van der Waals surface area contributed by atoms with Crippen LogP contribution in [0.1, 0.15) is 16.5 Å². The van der Waals surface area contributed by atoms with Gasteiger partial charge in [0.15, 0.2) is 0 Å². The molecule has 0 amide bonds. The molecule has 0 aliphatic rings. The molecule has 1 atom stereocenters. The van der Waals surface area contributed by atoms with E-state index in [4.69, 9.17) is 5.84 Å². The summed E-state index contributed by atoms with van der Waals surface area (Å²) < 4.78 is 28.6. The van der Waals surface area contributed by atoms with Gasteiger partial charge >= 0.3 is 0 Å². The molecule has 0 radical (unpaired) electrons. The Balaban J connectivity index is 2.48. The van der Waals surface area contributed by atoms with E-state index < -0.39 is 17.7 Å². The third kappa shape index (κ3) is 2.80. The average molecular weight is 398 g/mol. The summed E-state index contributed by atoms with van der Waals surface area (Å²) in [5.41, 5.74) is 2.68. The van der Waals surface area contributed by atoms with E-state index in [2.05, 4.69) is 37.3 Å². The highest BCUT2D eigenvalue weighted by Crippen LogP contribution is 2.37. The lowest BCUT2D eigenvalue weighted by Crippen LogP contribution is -2.29. The number of halogens is 4. The van der Waals surface area contributed by atoms with Crippen LogP contribution in [-0.2, 0) is 0 Å². The Morgan fingerprint density at radius 3 is 2.50 bits per heavy atom. The molecule has 3 N–H and O–H groups in total. The number of hydrogen-bond acceptors (Lipinski definition) is 3. The van der Waals surface area contributed by atoms with E-state index in [9.17, 15) is 8.78 Å². The minimum atomic E-state index is -0.590. The van der Waals surface area contributed by atoms with Crippen LogP contribution >= 0.6 is 43.2 Å². The van der Waals surface area contributed by atoms with Gasteiger partial charge in [0.2, 0.25) is 0 Å². The van der Waals surface area contributed by atoms with Crippen molar-refractivity contribution in [2.24, 2.45) is 5.84 Å². The van der Waals surface area contributed by atoms with Crippen molar-refractivity contribution in [3.63, 3.8) is 0 Å². The fourth-order valence-corrected chi connectivity index (χ4v) is 3.74. The van der Waals surface area contributed by atoms with Gasteiger partial charge in [-0.25, -0.2) is 14.2 Å². The average Bonchev–Trinajstić information content (AvgIpc) is 2.65. The Kier molecular flexibility index (Phi) is 4.50. The molecular weight excluding hydrogens is 390 g/mol. The normalized spacial score (nSPS) is 12.7. The van der Waals surface area contributed by atoms with Crippen molar-refractivity contribution in [3.05, 3.63) is 54.6 Å². The number of benzene rings is 1. The highest BCUT2D eigenvalue weighted by Gasteiger charge is 2.20. The van der Waals surface area contributed by atoms with Crippen molar-refractivity contribution in [3.8, 4) is 0 Å². The Morgan fingerprint density at radius 2 is 1.94 bits per heavy atom. The monoisotopic (exact) mass is 396 g/mol. The van der Waals surface area contributed by atoms with Crippen LogP contribution in [0.4, 0.5) is 8.78 Å². The van der Waals surface area contributed by atoms with Crippen LogP contribution in [0.25, 0.3) is 0 Å². The molecule has 0 spiro atoms. The molecule has 0 saturated carbocycles. The molecule has 96 valence electrons. The van der Waals surface area contributed by atoms with Gasteiger partial charge in [-0.1, -0.05) is 0 Å². The summed E-state index contributed by atoms with van der Waals surface area (Å²) in [6.45, 7) is 0. The molecule has 2 nitrogen and oxygen atoms in total. The molecule has 1 aromatic carbocycles. The zero-order valence-corrected chi connectivity index (χ0v) is 12.9. The molecule has 2 rings (SSSR count). The highest BCUT2D eigenvalue weighted by atomic mass is 79.9. The first kappa shape index (κ1) is 14.1. The number of hydrazine groups is 1. The second-order valence-electron chi connectivity index (χ2n) is 3.54. The predicted octanol–water partition coefficient (Wildman–Crippen LogP) is 4.10. The van der Waals surface area contributed by atoms with E-state index in [0.29, 0.717) is 0 Å². The maximum Gasteiger partial charge on any atom is 0.128 e. The van der Waals surface area contributed by atoms with Gasteiger partial charge in [-0.2, -0.15) is 0 Å². The van der Waals surface area contributed by atoms with E-state index in [-0.39, 0.29) is 5.56 Å². The minimum Gasteiger partial charge on any atom is -0.271 e. The summed E-state index contributed by atoms with van der Waals surface area (Å²) >= 11 is 8.10. The lowest BCUT2D eigenvalue weighted by molar-refractivity contribution is 0.549. The summed E-state index contributed by atoms with van der Waals surface area (Å²) in [6.07, 6.45) is 0. The Morgan fingerprint density at radius 1 is 1.22 bits per heavy atom. The van der Waals surface area contributed by atoms with Gasteiger partial charge in [-0.15, -0.1) is 11.3 Å². The zero-order valence-electron chi connectivity index (χ0n) is 8.88. The third-order valence-electron chi connectivity index (χ3n) is 2.38. The van der Waals surface area contributed by atoms with Gasteiger partial charge in [0.25, 0.3) is 0 Å². The van der Waals surface area contributed by atoms with Crippen LogP contribution < -0.4 is 11.3 Å². The van der Waals surface area contributed by atoms with Crippen LogP contribution in [0.2, 0.25) is 0 Å². The first-order chi connectivity index (χ1) is 8.52. The van der Waals surface area contributed by atoms with Gasteiger partial charge in [0, 0.05) is 14.9 Å². The molecule has 18 heavy (non-hydrogen) atoms. The van der Waals surface area contributed by atoms with E-state index in [0.717, 1.165) is 31.3 Å². The van der Waals surface area contributed by atoms with Gasteiger partial charge < -0.3 is 0 Å². The molecule has 7 heteroatoms. The highest BCUT2D eigenvalue weighted by molar-refractivity contribution is 9.13. The smallest absolute Gasteiger partial charge is 0.128 e. The van der Waals surface area contributed by atoms with E-state index in [1.807, 2.05) is 6.07 Å². The van der Waals surface area contributed by atoms with E-state index in [1.54, 1.807) is 0 Å². The Hall–Kier alpha value is -0.340. The van der Waals surface area contributed by atoms with Crippen LogP contribution in [0.3, 0.4) is 0 Å². The van der Waals surface area contributed by atoms with E-state index in [1.165, 1.54) is 11.3 Å². The molecule has 1 aromatic heterocycles. The topological polar surface area (TPSA) is 38.0 Å². The lowest BCUT2D eigenvalue weighted by Gasteiger charge is -2.15. The van der Waals surface area contributed by atoms with Crippen molar-refractivity contribution < 1.29 is 8.78 Å². The van der Waals surface area contributed by atoms with Crippen molar-refractivity contribution in [2.45, 2.75) is 6.04 Å². The largest absolute Gasteiger partial charge is 0.271 e. The maximum atomic E-state index is 13.7. The quantitative estimate of drug-likeness (QED) is 0.604. The summed E-state index contributed by atoms with van der Waals surface area (Å²) in [7, 11) is 0. The molecule has 2 aromatic rings. The second kappa shape index (κ2) is 5.75. The predicted molar refractivity (Wildman–Crippen MR) is 75.2 cm³/mol. The molecule has 0 aliphatic carbocycles. The van der Waals surface area contributed by atoms with Crippen molar-refractivity contribution in [1.82, 2.24) is 5.43 Å². The summed E-state index contributed by atoms with van der Waals surface area (Å²) in [5.74, 6) is 4.45. The fourth-order valence-electron chi connectivity index (χ4n) is 1.57. The van der Waals surface area contributed by atoms with Crippen LogP contribution in [0.5, 0.6) is 0 Å².